The monoisotopic (exact) mass is 216 g/mol. The van der Waals surface area contributed by atoms with Gasteiger partial charge in [-0.2, -0.15) is 5.26 Å². The molecule has 5 heteroatoms. The highest BCUT2D eigenvalue weighted by Gasteiger charge is 2.09. The molecule has 0 saturated carbocycles. The average molecular weight is 216 g/mol. The maximum atomic E-state index is 13.5. The zero-order valence-electron chi connectivity index (χ0n) is 8.39. The van der Waals surface area contributed by atoms with Crippen LogP contribution in [0.3, 0.4) is 0 Å². The van der Waals surface area contributed by atoms with Gasteiger partial charge in [0.1, 0.15) is 11.9 Å². The molecule has 0 unspecified atom stereocenters. The second-order valence-electron chi connectivity index (χ2n) is 3.30. The fraction of sp³-hybridized carbons (Fsp3) is 0.0909. The van der Waals surface area contributed by atoms with Crippen LogP contribution in [0.1, 0.15) is 11.4 Å². The SMILES string of the molecule is N#Cc1nccn1Cc1c(N)cccc1F. The lowest BCUT2D eigenvalue weighted by Gasteiger charge is -2.08. The van der Waals surface area contributed by atoms with Crippen LogP contribution in [-0.4, -0.2) is 9.55 Å². The Labute approximate surface area is 91.8 Å². The highest BCUT2D eigenvalue weighted by atomic mass is 19.1. The normalized spacial score (nSPS) is 10.0. The molecule has 0 radical (unpaired) electrons. The number of aromatic nitrogens is 2. The third-order valence-electron chi connectivity index (χ3n) is 2.30. The molecule has 0 bridgehead atoms. The lowest BCUT2D eigenvalue weighted by molar-refractivity contribution is 0.600. The third-order valence-corrected chi connectivity index (χ3v) is 2.30. The minimum atomic E-state index is -0.377. The summed E-state index contributed by atoms with van der Waals surface area (Å²) in [6.07, 6.45) is 3.11. The Morgan fingerprint density at radius 3 is 3.00 bits per heavy atom. The second kappa shape index (κ2) is 4.03. The molecule has 0 aliphatic carbocycles. The number of anilines is 1. The van der Waals surface area contributed by atoms with E-state index in [1.807, 2.05) is 6.07 Å². The second-order valence-corrected chi connectivity index (χ2v) is 3.30. The predicted molar refractivity (Wildman–Crippen MR) is 56.9 cm³/mol. The maximum absolute atomic E-state index is 13.5. The summed E-state index contributed by atoms with van der Waals surface area (Å²) in [5, 5.41) is 8.77. The van der Waals surface area contributed by atoms with E-state index < -0.39 is 0 Å². The fourth-order valence-corrected chi connectivity index (χ4v) is 1.46. The van der Waals surface area contributed by atoms with Crippen LogP contribution in [0.15, 0.2) is 30.6 Å². The first kappa shape index (κ1) is 10.2. The van der Waals surface area contributed by atoms with Crippen LogP contribution >= 0.6 is 0 Å². The van der Waals surface area contributed by atoms with Gasteiger partial charge in [0.2, 0.25) is 5.82 Å². The molecule has 0 spiro atoms. The Morgan fingerprint density at radius 2 is 2.31 bits per heavy atom. The molecule has 2 N–H and O–H groups in total. The van der Waals surface area contributed by atoms with Crippen LogP contribution in [0, 0.1) is 17.1 Å². The third kappa shape index (κ3) is 1.73. The Bertz CT molecular complexity index is 533. The first-order valence-corrected chi connectivity index (χ1v) is 4.66. The highest BCUT2D eigenvalue weighted by molar-refractivity contribution is 5.47. The average Bonchev–Trinajstić information content (AvgIpc) is 2.71. The van der Waals surface area contributed by atoms with Gasteiger partial charge in [0.25, 0.3) is 0 Å². The van der Waals surface area contributed by atoms with Crippen LogP contribution in [-0.2, 0) is 6.54 Å². The molecule has 0 atom stereocenters. The molecule has 1 aromatic carbocycles. The number of nitrogen functional groups attached to an aromatic ring is 1. The molecular formula is C11H9FN4. The number of hydrogen-bond acceptors (Lipinski definition) is 3. The van der Waals surface area contributed by atoms with Gasteiger partial charge in [0.05, 0.1) is 6.54 Å². The summed E-state index contributed by atoms with van der Waals surface area (Å²) < 4.78 is 15.0. The van der Waals surface area contributed by atoms with Gasteiger partial charge in [-0.25, -0.2) is 9.37 Å². The molecule has 1 heterocycles. The van der Waals surface area contributed by atoms with E-state index in [0.29, 0.717) is 11.3 Å². The number of halogens is 1. The summed E-state index contributed by atoms with van der Waals surface area (Å²) in [6, 6.07) is 6.44. The van der Waals surface area contributed by atoms with Gasteiger partial charge in [-0.15, -0.1) is 0 Å². The molecule has 0 aliphatic rings. The number of nitrogens with zero attached hydrogens (tertiary/aromatic N) is 3. The summed E-state index contributed by atoms with van der Waals surface area (Å²) in [6.45, 7) is 0.210. The summed E-state index contributed by atoms with van der Waals surface area (Å²) in [5.41, 5.74) is 6.42. The van der Waals surface area contributed by atoms with Crippen molar-refractivity contribution in [2.45, 2.75) is 6.54 Å². The van der Waals surface area contributed by atoms with Gasteiger partial charge >= 0.3 is 0 Å². The number of nitriles is 1. The van der Waals surface area contributed by atoms with Gasteiger partial charge in [-0.3, -0.25) is 0 Å². The Hall–Kier alpha value is -2.35. The molecule has 4 nitrogen and oxygen atoms in total. The van der Waals surface area contributed by atoms with Crippen molar-refractivity contribution in [3.63, 3.8) is 0 Å². The van der Waals surface area contributed by atoms with Crippen LogP contribution in [0.5, 0.6) is 0 Å². The summed E-state index contributed by atoms with van der Waals surface area (Å²) in [4.78, 5) is 3.83. The highest BCUT2D eigenvalue weighted by Crippen LogP contribution is 2.17. The number of hydrogen-bond donors (Lipinski definition) is 1. The van der Waals surface area contributed by atoms with E-state index in [-0.39, 0.29) is 18.2 Å². The van der Waals surface area contributed by atoms with Crippen molar-refractivity contribution < 1.29 is 4.39 Å². The topological polar surface area (TPSA) is 67.6 Å². The van der Waals surface area contributed by atoms with Crippen LogP contribution in [0.2, 0.25) is 0 Å². The van der Waals surface area contributed by atoms with Crippen molar-refractivity contribution >= 4 is 5.69 Å². The van der Waals surface area contributed by atoms with Crippen LogP contribution < -0.4 is 5.73 Å². The summed E-state index contributed by atoms with van der Waals surface area (Å²) >= 11 is 0. The summed E-state index contributed by atoms with van der Waals surface area (Å²) in [5.74, 6) is -0.139. The lowest BCUT2D eigenvalue weighted by Crippen LogP contribution is -2.06. The molecule has 80 valence electrons. The Kier molecular flexibility index (Phi) is 2.56. The van der Waals surface area contributed by atoms with E-state index in [2.05, 4.69) is 4.98 Å². The maximum Gasteiger partial charge on any atom is 0.213 e. The predicted octanol–water partition coefficient (Wildman–Crippen LogP) is 1.52. The van der Waals surface area contributed by atoms with Crippen molar-refractivity contribution in [1.29, 1.82) is 5.26 Å². The van der Waals surface area contributed by atoms with Gasteiger partial charge < -0.3 is 10.3 Å². The van der Waals surface area contributed by atoms with Gasteiger partial charge in [-0.05, 0) is 12.1 Å². The van der Waals surface area contributed by atoms with Crippen molar-refractivity contribution in [2.24, 2.45) is 0 Å². The summed E-state index contributed by atoms with van der Waals surface area (Å²) in [7, 11) is 0. The smallest absolute Gasteiger partial charge is 0.213 e. The van der Waals surface area contributed by atoms with Crippen molar-refractivity contribution in [1.82, 2.24) is 9.55 Å². The number of imidazole rings is 1. The molecular weight excluding hydrogens is 207 g/mol. The first-order valence-electron chi connectivity index (χ1n) is 4.66. The van der Waals surface area contributed by atoms with E-state index >= 15 is 0 Å². The van der Waals surface area contributed by atoms with Crippen LogP contribution in [0.4, 0.5) is 10.1 Å². The van der Waals surface area contributed by atoms with Gasteiger partial charge in [-0.1, -0.05) is 6.07 Å². The quantitative estimate of drug-likeness (QED) is 0.774. The standard InChI is InChI=1S/C11H9FN4/c12-9-2-1-3-10(14)8(9)7-16-5-4-15-11(16)6-13/h1-5H,7,14H2. The minimum absolute atomic E-state index is 0.210. The minimum Gasteiger partial charge on any atom is -0.398 e. The first-order chi connectivity index (χ1) is 7.72. The van der Waals surface area contributed by atoms with Crippen molar-refractivity contribution in [3.05, 3.63) is 47.8 Å². The van der Waals surface area contributed by atoms with Crippen LogP contribution in [0.25, 0.3) is 0 Å². The molecule has 0 fully saturated rings. The molecule has 0 saturated heterocycles. The molecule has 2 aromatic rings. The Balaban J connectivity index is 2.38. The Morgan fingerprint density at radius 1 is 1.50 bits per heavy atom. The van der Waals surface area contributed by atoms with Crippen molar-refractivity contribution in [2.75, 3.05) is 5.73 Å². The molecule has 2 rings (SSSR count). The molecule has 1 aromatic heterocycles. The largest absolute Gasteiger partial charge is 0.398 e. The number of rotatable bonds is 2. The van der Waals surface area contributed by atoms with Gasteiger partial charge in [0.15, 0.2) is 0 Å². The molecule has 16 heavy (non-hydrogen) atoms. The van der Waals surface area contributed by atoms with Crippen molar-refractivity contribution in [3.8, 4) is 6.07 Å². The van der Waals surface area contributed by atoms with E-state index in [1.54, 1.807) is 22.9 Å². The van der Waals surface area contributed by atoms with E-state index in [9.17, 15) is 4.39 Å². The lowest BCUT2D eigenvalue weighted by atomic mass is 10.1. The zero-order chi connectivity index (χ0) is 11.5. The molecule has 0 amide bonds. The number of benzene rings is 1. The zero-order valence-corrected chi connectivity index (χ0v) is 8.39. The van der Waals surface area contributed by atoms with Gasteiger partial charge in [0, 0.05) is 23.6 Å². The van der Waals surface area contributed by atoms with E-state index in [1.165, 1.54) is 12.3 Å². The number of nitrogens with two attached hydrogens (primary N) is 1. The van der Waals surface area contributed by atoms with E-state index in [0.717, 1.165) is 0 Å². The van der Waals surface area contributed by atoms with E-state index in [4.69, 9.17) is 11.0 Å². The molecule has 0 aliphatic heterocycles. The fourth-order valence-electron chi connectivity index (χ4n) is 1.46.